The van der Waals surface area contributed by atoms with Crippen molar-refractivity contribution in [1.82, 2.24) is 0 Å². The van der Waals surface area contributed by atoms with E-state index in [0.29, 0.717) is 0 Å². The van der Waals surface area contributed by atoms with Crippen LogP contribution in [0.15, 0.2) is 0 Å². The Hall–Kier alpha value is 0.350. The van der Waals surface area contributed by atoms with Gasteiger partial charge in [0.2, 0.25) is 0 Å². The van der Waals surface area contributed by atoms with E-state index in [4.69, 9.17) is 0 Å². The van der Waals surface area contributed by atoms with Crippen molar-refractivity contribution in [3.63, 3.8) is 0 Å². The topological polar surface area (TPSA) is 0 Å². The lowest BCUT2D eigenvalue weighted by molar-refractivity contribution is 0.414. The van der Waals surface area contributed by atoms with Crippen LogP contribution in [0, 0.1) is 5.92 Å². The maximum atomic E-state index is 2.38. The minimum absolute atomic E-state index is 0.936. The maximum Gasteiger partial charge on any atom is 0.00213 e. The fourth-order valence-corrected chi connectivity index (χ4v) is 3.13. The second kappa shape index (κ2) is 5.08. The quantitative estimate of drug-likeness (QED) is 0.625. The summed E-state index contributed by atoms with van der Waals surface area (Å²) in [6.45, 7) is 4.67. The summed E-state index contributed by atoms with van der Waals surface area (Å²) in [4.78, 5) is 0. The fourth-order valence-electron chi connectivity index (χ4n) is 1.85. The first-order chi connectivity index (χ1) is 5.33. The maximum absolute atomic E-state index is 2.38. The van der Waals surface area contributed by atoms with Crippen molar-refractivity contribution in [1.29, 1.82) is 0 Å². The molecule has 1 aliphatic rings. The predicted octanol–water partition coefficient (Wildman–Crippen LogP) is 3.71. The van der Waals surface area contributed by atoms with Gasteiger partial charge >= 0.3 is 0 Å². The first-order valence-electron chi connectivity index (χ1n) is 4.94. The molecule has 11 heavy (non-hydrogen) atoms. The Bertz CT molecular complexity index is 101. The van der Waals surface area contributed by atoms with Crippen molar-refractivity contribution < 1.29 is 0 Å². The number of thioether (sulfide) groups is 1. The molecule has 0 aromatic carbocycles. The molecule has 1 rings (SSSR count). The van der Waals surface area contributed by atoms with Gasteiger partial charge in [0.1, 0.15) is 0 Å². The van der Waals surface area contributed by atoms with E-state index in [1.54, 1.807) is 0 Å². The zero-order chi connectivity index (χ0) is 8.10. The fraction of sp³-hybridized carbons (Fsp3) is 1.00. The molecule has 2 atom stereocenters. The summed E-state index contributed by atoms with van der Waals surface area (Å²) in [7, 11) is 0. The van der Waals surface area contributed by atoms with Crippen LogP contribution in [0.1, 0.15) is 46.0 Å². The first-order valence-corrected chi connectivity index (χ1v) is 5.99. The van der Waals surface area contributed by atoms with E-state index < -0.39 is 0 Å². The average Bonchev–Trinajstić information content (AvgIpc) is 2.01. The van der Waals surface area contributed by atoms with Crippen molar-refractivity contribution in [2.24, 2.45) is 5.92 Å². The summed E-state index contributed by atoms with van der Waals surface area (Å²) < 4.78 is 0. The van der Waals surface area contributed by atoms with Gasteiger partial charge in [0.05, 0.1) is 0 Å². The Morgan fingerprint density at radius 3 is 2.91 bits per heavy atom. The summed E-state index contributed by atoms with van der Waals surface area (Å²) in [6.07, 6.45) is 7.27. The van der Waals surface area contributed by atoms with Crippen LogP contribution >= 0.6 is 11.8 Å². The predicted molar refractivity (Wildman–Crippen MR) is 54.2 cm³/mol. The van der Waals surface area contributed by atoms with Gasteiger partial charge in [0.15, 0.2) is 0 Å². The van der Waals surface area contributed by atoms with Gasteiger partial charge < -0.3 is 0 Å². The van der Waals surface area contributed by atoms with Crippen LogP contribution in [-0.2, 0) is 0 Å². The Kier molecular flexibility index (Phi) is 4.36. The number of hydrogen-bond acceptors (Lipinski definition) is 1. The molecule has 0 unspecified atom stereocenters. The largest absolute Gasteiger partial charge is 0.159 e. The summed E-state index contributed by atoms with van der Waals surface area (Å²) in [5, 5.41) is 0.936. The lowest BCUT2D eigenvalue weighted by Gasteiger charge is -2.26. The average molecular weight is 172 g/mol. The molecule has 1 heterocycles. The van der Waals surface area contributed by atoms with Crippen molar-refractivity contribution in [3.8, 4) is 0 Å². The Labute approximate surface area is 75.1 Å². The molecule has 0 aromatic heterocycles. The minimum atomic E-state index is 0.936. The monoisotopic (exact) mass is 172 g/mol. The van der Waals surface area contributed by atoms with Crippen molar-refractivity contribution in [3.05, 3.63) is 0 Å². The van der Waals surface area contributed by atoms with Gasteiger partial charge in [0, 0.05) is 5.25 Å². The molecule has 0 aromatic rings. The van der Waals surface area contributed by atoms with E-state index >= 15 is 0 Å². The van der Waals surface area contributed by atoms with Crippen LogP contribution in [0.2, 0.25) is 0 Å². The third-order valence-electron chi connectivity index (χ3n) is 2.56. The van der Waals surface area contributed by atoms with Gasteiger partial charge in [-0.05, 0) is 24.5 Å². The second-order valence-electron chi connectivity index (χ2n) is 3.71. The van der Waals surface area contributed by atoms with Crippen LogP contribution in [-0.4, -0.2) is 11.0 Å². The van der Waals surface area contributed by atoms with E-state index in [1.165, 1.54) is 37.9 Å². The van der Waals surface area contributed by atoms with Gasteiger partial charge in [0.25, 0.3) is 0 Å². The smallest absolute Gasteiger partial charge is 0.00213 e. The molecule has 0 aliphatic carbocycles. The summed E-state index contributed by atoms with van der Waals surface area (Å²) in [6, 6.07) is 0. The molecule has 66 valence electrons. The summed E-state index contributed by atoms with van der Waals surface area (Å²) in [5.74, 6) is 2.47. The van der Waals surface area contributed by atoms with Crippen LogP contribution in [0.25, 0.3) is 0 Å². The van der Waals surface area contributed by atoms with E-state index in [1.807, 2.05) is 0 Å². The molecular weight excluding hydrogens is 152 g/mol. The minimum Gasteiger partial charge on any atom is -0.159 e. The van der Waals surface area contributed by atoms with Gasteiger partial charge in [-0.3, -0.25) is 0 Å². The summed E-state index contributed by atoms with van der Waals surface area (Å²) >= 11 is 2.16. The highest BCUT2D eigenvalue weighted by Gasteiger charge is 2.17. The van der Waals surface area contributed by atoms with Crippen LogP contribution < -0.4 is 0 Å². The highest BCUT2D eigenvalue weighted by Crippen LogP contribution is 2.31. The van der Waals surface area contributed by atoms with Gasteiger partial charge in [-0.1, -0.05) is 33.1 Å². The molecular formula is C10H20S. The normalized spacial score (nSPS) is 32.2. The number of rotatable bonds is 3. The van der Waals surface area contributed by atoms with E-state index in [9.17, 15) is 0 Å². The summed E-state index contributed by atoms with van der Waals surface area (Å²) in [5.41, 5.74) is 0. The van der Waals surface area contributed by atoms with Crippen molar-refractivity contribution >= 4 is 11.8 Å². The SMILES string of the molecule is CCCC[C@@H]1CCS[C@@H](C)C1. The van der Waals surface area contributed by atoms with Gasteiger partial charge in [-0.2, -0.15) is 11.8 Å². The Balaban J connectivity index is 2.12. The molecule has 1 fully saturated rings. The standard InChI is InChI=1S/C10H20S/c1-3-4-5-10-6-7-11-9(2)8-10/h9-10H,3-8H2,1-2H3/t9-,10+/m0/s1. The zero-order valence-electron chi connectivity index (χ0n) is 7.81. The highest BCUT2D eigenvalue weighted by atomic mass is 32.2. The molecule has 0 nitrogen and oxygen atoms in total. The molecule has 0 spiro atoms. The molecule has 0 saturated carbocycles. The molecule has 0 bridgehead atoms. The molecule has 0 N–H and O–H groups in total. The van der Waals surface area contributed by atoms with Crippen molar-refractivity contribution in [2.75, 3.05) is 5.75 Å². The van der Waals surface area contributed by atoms with Gasteiger partial charge in [-0.15, -0.1) is 0 Å². The zero-order valence-corrected chi connectivity index (χ0v) is 8.62. The molecule has 0 amide bonds. The van der Waals surface area contributed by atoms with E-state index in [-0.39, 0.29) is 0 Å². The molecule has 1 saturated heterocycles. The van der Waals surface area contributed by atoms with Crippen LogP contribution in [0.3, 0.4) is 0 Å². The molecule has 1 heteroatoms. The van der Waals surface area contributed by atoms with E-state index in [0.717, 1.165) is 11.2 Å². The molecule has 0 radical (unpaired) electrons. The lowest BCUT2D eigenvalue weighted by atomic mass is 9.94. The highest BCUT2D eigenvalue weighted by molar-refractivity contribution is 7.99. The van der Waals surface area contributed by atoms with Crippen LogP contribution in [0.4, 0.5) is 0 Å². The third kappa shape index (κ3) is 3.50. The van der Waals surface area contributed by atoms with Crippen LogP contribution in [0.5, 0.6) is 0 Å². The molecule has 1 aliphatic heterocycles. The third-order valence-corrected chi connectivity index (χ3v) is 3.79. The Morgan fingerprint density at radius 2 is 2.27 bits per heavy atom. The van der Waals surface area contributed by atoms with Gasteiger partial charge in [-0.25, -0.2) is 0 Å². The lowest BCUT2D eigenvalue weighted by Crippen LogP contribution is -2.15. The number of hydrogen-bond donors (Lipinski definition) is 0. The Morgan fingerprint density at radius 1 is 1.45 bits per heavy atom. The van der Waals surface area contributed by atoms with Crippen molar-refractivity contribution in [2.45, 2.75) is 51.2 Å². The second-order valence-corrected chi connectivity index (χ2v) is 5.26. The van der Waals surface area contributed by atoms with E-state index in [2.05, 4.69) is 25.6 Å². The number of unbranched alkanes of at least 4 members (excludes halogenated alkanes) is 1. The first kappa shape index (κ1) is 9.44.